The Morgan fingerprint density at radius 1 is 0.786 bits per heavy atom. The monoisotopic (exact) mass is 382 g/mol. The molecule has 0 bridgehead atoms. The molecular formula is C27H42O. The quantitative estimate of drug-likeness (QED) is 0.390. The molecule has 0 atom stereocenters. The highest BCUT2D eigenvalue weighted by molar-refractivity contribution is 5.29. The molecule has 0 aromatic heterocycles. The van der Waals surface area contributed by atoms with Crippen LogP contribution in [0.25, 0.3) is 0 Å². The lowest BCUT2D eigenvalue weighted by atomic mass is 9.77. The third kappa shape index (κ3) is 6.68. The second-order valence-electron chi connectivity index (χ2n) is 9.38. The van der Waals surface area contributed by atoms with Gasteiger partial charge in [-0.05, 0) is 92.7 Å². The molecule has 2 aliphatic carbocycles. The topological polar surface area (TPSA) is 9.23 Å². The van der Waals surface area contributed by atoms with Crippen molar-refractivity contribution in [3.63, 3.8) is 0 Å². The molecule has 0 unspecified atom stereocenters. The summed E-state index contributed by atoms with van der Waals surface area (Å²) in [6.45, 7) is 5.34. The van der Waals surface area contributed by atoms with Gasteiger partial charge in [-0.15, -0.1) is 0 Å². The average molecular weight is 383 g/mol. The van der Waals surface area contributed by atoms with Crippen molar-refractivity contribution < 1.29 is 4.74 Å². The summed E-state index contributed by atoms with van der Waals surface area (Å²) >= 11 is 0. The number of benzene rings is 1. The van der Waals surface area contributed by atoms with Crippen LogP contribution >= 0.6 is 0 Å². The van der Waals surface area contributed by atoms with Crippen LogP contribution in [0.5, 0.6) is 5.75 Å². The molecule has 1 aromatic rings. The highest BCUT2D eigenvalue weighted by Crippen LogP contribution is 2.38. The van der Waals surface area contributed by atoms with Crippen molar-refractivity contribution in [2.75, 3.05) is 6.61 Å². The van der Waals surface area contributed by atoms with Crippen LogP contribution in [0.1, 0.15) is 102 Å². The van der Waals surface area contributed by atoms with E-state index < -0.39 is 0 Å². The first-order valence-corrected chi connectivity index (χ1v) is 12.2. The molecule has 2 fully saturated rings. The third-order valence-electron chi connectivity index (χ3n) is 7.24. The van der Waals surface area contributed by atoms with Crippen LogP contribution in [-0.4, -0.2) is 6.61 Å². The van der Waals surface area contributed by atoms with Gasteiger partial charge in [0.05, 0.1) is 0 Å². The summed E-state index contributed by atoms with van der Waals surface area (Å²) in [7, 11) is 0. The first-order chi connectivity index (χ1) is 13.8. The van der Waals surface area contributed by atoms with Crippen molar-refractivity contribution in [2.24, 2.45) is 17.8 Å². The van der Waals surface area contributed by atoms with E-state index >= 15 is 0 Å². The van der Waals surface area contributed by atoms with Gasteiger partial charge in [0, 0.05) is 0 Å². The second kappa shape index (κ2) is 11.7. The molecule has 156 valence electrons. The molecule has 0 radical (unpaired) electrons. The molecule has 2 saturated carbocycles. The van der Waals surface area contributed by atoms with E-state index in [0.29, 0.717) is 6.61 Å². The zero-order valence-corrected chi connectivity index (χ0v) is 18.4. The maximum absolute atomic E-state index is 5.96. The van der Waals surface area contributed by atoms with E-state index in [2.05, 4.69) is 50.3 Å². The summed E-state index contributed by atoms with van der Waals surface area (Å²) < 4.78 is 5.96. The van der Waals surface area contributed by atoms with Crippen molar-refractivity contribution >= 4 is 0 Å². The zero-order chi connectivity index (χ0) is 19.6. The Balaban J connectivity index is 1.36. The largest absolute Gasteiger partial charge is 0.490 e. The summed E-state index contributed by atoms with van der Waals surface area (Å²) in [6, 6.07) is 8.96. The Labute approximate surface area is 174 Å². The minimum absolute atomic E-state index is 0.705. The Morgan fingerprint density at radius 3 is 1.93 bits per heavy atom. The minimum atomic E-state index is 0.705. The predicted octanol–water partition coefficient (Wildman–Crippen LogP) is 8.30. The van der Waals surface area contributed by atoms with E-state index in [1.807, 2.05) is 0 Å². The van der Waals surface area contributed by atoms with Crippen molar-refractivity contribution in [3.05, 3.63) is 42.0 Å². The van der Waals surface area contributed by atoms with Crippen LogP contribution in [0.3, 0.4) is 0 Å². The van der Waals surface area contributed by atoms with E-state index in [9.17, 15) is 0 Å². The van der Waals surface area contributed by atoms with Gasteiger partial charge in [-0.25, -0.2) is 0 Å². The fourth-order valence-electron chi connectivity index (χ4n) is 5.50. The Morgan fingerprint density at radius 2 is 1.36 bits per heavy atom. The highest BCUT2D eigenvalue weighted by Gasteiger charge is 2.21. The standard InChI is InChI=1S/C27H42O/c1-3-6-22-9-11-24(12-10-22)8-5-21-28-27-19-17-26(18-20-27)25-15-13-23(7-4-2)14-16-25/h5,8,17-20,22-25H,3-4,6-7,9-16,21H2,1-2H3. The lowest BCUT2D eigenvalue weighted by Crippen LogP contribution is -2.13. The first kappa shape index (κ1) is 21.5. The van der Waals surface area contributed by atoms with E-state index in [1.54, 1.807) is 0 Å². The number of ether oxygens (including phenoxy) is 1. The van der Waals surface area contributed by atoms with Crippen molar-refractivity contribution in [3.8, 4) is 5.75 Å². The number of allylic oxidation sites excluding steroid dienone is 1. The molecule has 0 spiro atoms. The smallest absolute Gasteiger partial charge is 0.119 e. The van der Waals surface area contributed by atoms with Gasteiger partial charge in [0.2, 0.25) is 0 Å². The molecule has 1 nitrogen and oxygen atoms in total. The first-order valence-electron chi connectivity index (χ1n) is 12.2. The molecule has 3 rings (SSSR count). The molecule has 2 aliphatic rings. The van der Waals surface area contributed by atoms with E-state index in [1.165, 1.54) is 82.6 Å². The van der Waals surface area contributed by atoms with E-state index in [-0.39, 0.29) is 0 Å². The molecule has 1 heteroatoms. The Kier molecular flexibility index (Phi) is 8.96. The summed E-state index contributed by atoms with van der Waals surface area (Å²) in [5.74, 6) is 4.54. The minimum Gasteiger partial charge on any atom is -0.490 e. The van der Waals surface area contributed by atoms with Crippen LogP contribution in [0.15, 0.2) is 36.4 Å². The summed E-state index contributed by atoms with van der Waals surface area (Å²) in [6.07, 6.45) is 21.4. The van der Waals surface area contributed by atoms with Crippen LogP contribution in [0.2, 0.25) is 0 Å². The molecule has 0 N–H and O–H groups in total. The third-order valence-corrected chi connectivity index (χ3v) is 7.24. The molecule has 0 saturated heterocycles. The maximum Gasteiger partial charge on any atom is 0.119 e. The fourth-order valence-corrected chi connectivity index (χ4v) is 5.50. The van der Waals surface area contributed by atoms with Crippen LogP contribution in [-0.2, 0) is 0 Å². The summed E-state index contributed by atoms with van der Waals surface area (Å²) in [5.41, 5.74) is 1.52. The van der Waals surface area contributed by atoms with Crippen LogP contribution in [0.4, 0.5) is 0 Å². The lowest BCUT2D eigenvalue weighted by Gasteiger charge is -2.28. The second-order valence-corrected chi connectivity index (χ2v) is 9.38. The van der Waals surface area contributed by atoms with Gasteiger partial charge in [0.25, 0.3) is 0 Å². The molecule has 28 heavy (non-hydrogen) atoms. The maximum atomic E-state index is 5.96. The van der Waals surface area contributed by atoms with Gasteiger partial charge < -0.3 is 4.74 Å². The van der Waals surface area contributed by atoms with Crippen LogP contribution < -0.4 is 4.74 Å². The zero-order valence-electron chi connectivity index (χ0n) is 18.4. The normalized spacial score (nSPS) is 28.5. The fraction of sp³-hybridized carbons (Fsp3) is 0.704. The molecule has 0 aliphatic heterocycles. The Hall–Kier alpha value is -1.24. The van der Waals surface area contributed by atoms with E-state index in [4.69, 9.17) is 4.74 Å². The van der Waals surface area contributed by atoms with Crippen molar-refractivity contribution in [2.45, 2.75) is 96.8 Å². The molecule has 0 amide bonds. The van der Waals surface area contributed by atoms with Gasteiger partial charge in [0.15, 0.2) is 0 Å². The predicted molar refractivity (Wildman–Crippen MR) is 121 cm³/mol. The molecule has 1 aromatic carbocycles. The number of hydrogen-bond donors (Lipinski definition) is 0. The van der Waals surface area contributed by atoms with Crippen LogP contribution in [0, 0.1) is 17.8 Å². The number of hydrogen-bond acceptors (Lipinski definition) is 1. The molecule has 0 heterocycles. The highest BCUT2D eigenvalue weighted by atomic mass is 16.5. The molecular weight excluding hydrogens is 340 g/mol. The van der Waals surface area contributed by atoms with Crippen molar-refractivity contribution in [1.29, 1.82) is 0 Å². The average Bonchev–Trinajstić information content (AvgIpc) is 2.74. The number of rotatable bonds is 9. The Bertz CT molecular complexity index is 556. The van der Waals surface area contributed by atoms with Gasteiger partial charge in [-0.1, -0.05) is 63.8 Å². The van der Waals surface area contributed by atoms with E-state index in [0.717, 1.165) is 29.4 Å². The van der Waals surface area contributed by atoms with Crippen molar-refractivity contribution in [1.82, 2.24) is 0 Å². The SMILES string of the molecule is CCCC1CCC(C=CCOc2ccc(C3CCC(CCC)CC3)cc2)CC1. The summed E-state index contributed by atoms with van der Waals surface area (Å²) in [5, 5.41) is 0. The van der Waals surface area contributed by atoms with Gasteiger partial charge >= 0.3 is 0 Å². The lowest BCUT2D eigenvalue weighted by molar-refractivity contribution is 0.292. The van der Waals surface area contributed by atoms with Gasteiger partial charge in [-0.2, -0.15) is 0 Å². The van der Waals surface area contributed by atoms with Gasteiger partial charge in [-0.3, -0.25) is 0 Å². The summed E-state index contributed by atoms with van der Waals surface area (Å²) in [4.78, 5) is 0. The van der Waals surface area contributed by atoms with Gasteiger partial charge in [0.1, 0.15) is 12.4 Å².